The van der Waals surface area contributed by atoms with Crippen LogP contribution in [-0.2, 0) is 9.59 Å². The van der Waals surface area contributed by atoms with Gasteiger partial charge in [-0.05, 0) is 37.9 Å². The second-order valence-corrected chi connectivity index (χ2v) is 7.49. The molecule has 5 heteroatoms. The fourth-order valence-electron chi connectivity index (χ4n) is 3.27. The third-order valence-electron chi connectivity index (χ3n) is 4.33. The molecule has 1 aliphatic heterocycles. The Morgan fingerprint density at radius 2 is 2.10 bits per heavy atom. The Hall–Kier alpha value is -0.710. The average Bonchev–Trinajstić information content (AvgIpc) is 2.81. The van der Waals surface area contributed by atoms with Crippen LogP contribution in [0.4, 0.5) is 0 Å². The first-order valence-corrected chi connectivity index (χ1v) is 8.92. The Labute approximate surface area is 126 Å². The minimum absolute atomic E-state index is 0.0194. The molecule has 0 bridgehead atoms. The van der Waals surface area contributed by atoms with Crippen molar-refractivity contribution in [1.29, 1.82) is 0 Å². The lowest BCUT2D eigenvalue weighted by molar-refractivity contribution is -0.135. The Morgan fingerprint density at radius 1 is 1.35 bits per heavy atom. The van der Waals surface area contributed by atoms with Gasteiger partial charge in [0.2, 0.25) is 11.8 Å². The zero-order valence-corrected chi connectivity index (χ0v) is 13.5. The summed E-state index contributed by atoms with van der Waals surface area (Å²) in [4.78, 5) is 26.5. The molecular weight excluding hydrogens is 272 g/mol. The molecule has 1 aliphatic carbocycles. The summed E-state index contributed by atoms with van der Waals surface area (Å²) in [5.41, 5.74) is 0. The number of hydrogen-bond donors (Lipinski definition) is 1. The van der Waals surface area contributed by atoms with Gasteiger partial charge in [-0.3, -0.25) is 9.59 Å². The van der Waals surface area contributed by atoms with Crippen molar-refractivity contribution in [3.05, 3.63) is 0 Å². The van der Waals surface area contributed by atoms with Gasteiger partial charge in [-0.15, -0.1) is 0 Å². The van der Waals surface area contributed by atoms with Gasteiger partial charge in [0.1, 0.15) is 6.04 Å². The number of thioether (sulfide) groups is 1. The smallest absolute Gasteiger partial charge is 0.245 e. The molecule has 0 aromatic carbocycles. The molecule has 1 saturated carbocycles. The van der Waals surface area contributed by atoms with Crippen molar-refractivity contribution in [3.63, 3.8) is 0 Å². The van der Waals surface area contributed by atoms with Crippen LogP contribution < -0.4 is 5.32 Å². The highest BCUT2D eigenvalue weighted by Gasteiger charge is 2.37. The monoisotopic (exact) mass is 298 g/mol. The van der Waals surface area contributed by atoms with Gasteiger partial charge in [0, 0.05) is 24.3 Å². The molecule has 2 fully saturated rings. The summed E-state index contributed by atoms with van der Waals surface area (Å²) in [6.45, 7) is 4.77. The molecule has 2 rings (SSSR count). The summed E-state index contributed by atoms with van der Waals surface area (Å²) in [6.07, 6.45) is 6.67. The van der Waals surface area contributed by atoms with Crippen molar-refractivity contribution < 1.29 is 9.59 Å². The minimum Gasteiger partial charge on any atom is -0.344 e. The van der Waals surface area contributed by atoms with Crippen LogP contribution in [0.3, 0.4) is 0 Å². The van der Waals surface area contributed by atoms with E-state index in [9.17, 15) is 9.59 Å². The van der Waals surface area contributed by atoms with Crippen LogP contribution in [0.15, 0.2) is 0 Å². The standard InChI is InChI=1S/C15H26N2O2S/c1-10(2)8-13-15(19)17(7-6-14(18)16-13)11-4-5-12(9-11)20-3/h10-13H,4-9H2,1-3H3,(H,16,18). The van der Waals surface area contributed by atoms with Crippen molar-refractivity contribution in [1.82, 2.24) is 10.2 Å². The maximum absolute atomic E-state index is 12.7. The highest BCUT2D eigenvalue weighted by atomic mass is 32.2. The van der Waals surface area contributed by atoms with Crippen LogP contribution in [0.1, 0.15) is 46.0 Å². The fraction of sp³-hybridized carbons (Fsp3) is 0.867. The first kappa shape index (κ1) is 15.7. The zero-order chi connectivity index (χ0) is 14.7. The van der Waals surface area contributed by atoms with E-state index in [0.29, 0.717) is 30.2 Å². The van der Waals surface area contributed by atoms with Crippen molar-refractivity contribution in [2.75, 3.05) is 12.8 Å². The van der Waals surface area contributed by atoms with E-state index in [4.69, 9.17) is 0 Å². The first-order chi connectivity index (χ1) is 9.51. The summed E-state index contributed by atoms with van der Waals surface area (Å²) in [5, 5.41) is 3.57. The molecule has 20 heavy (non-hydrogen) atoms. The van der Waals surface area contributed by atoms with E-state index in [-0.39, 0.29) is 17.9 Å². The van der Waals surface area contributed by atoms with Gasteiger partial charge in [0.15, 0.2) is 0 Å². The maximum atomic E-state index is 12.7. The quantitative estimate of drug-likeness (QED) is 0.864. The summed E-state index contributed by atoms with van der Waals surface area (Å²) in [6, 6.07) is 0.0145. The second kappa shape index (κ2) is 6.83. The highest BCUT2D eigenvalue weighted by molar-refractivity contribution is 7.99. The van der Waals surface area contributed by atoms with Gasteiger partial charge in [-0.2, -0.15) is 11.8 Å². The lowest BCUT2D eigenvalue weighted by Gasteiger charge is -2.30. The Bertz CT molecular complexity index is 373. The topological polar surface area (TPSA) is 49.4 Å². The van der Waals surface area contributed by atoms with Crippen molar-refractivity contribution in [2.24, 2.45) is 5.92 Å². The molecule has 1 heterocycles. The van der Waals surface area contributed by atoms with Gasteiger partial charge in [-0.1, -0.05) is 13.8 Å². The normalized spacial score (nSPS) is 31.6. The molecule has 2 aliphatic rings. The van der Waals surface area contributed by atoms with Crippen molar-refractivity contribution in [3.8, 4) is 0 Å². The lowest BCUT2D eigenvalue weighted by Crippen LogP contribution is -2.48. The third kappa shape index (κ3) is 3.68. The summed E-state index contributed by atoms with van der Waals surface area (Å²) >= 11 is 1.90. The molecule has 114 valence electrons. The van der Waals surface area contributed by atoms with Crippen LogP contribution >= 0.6 is 11.8 Å². The SMILES string of the molecule is CSC1CCC(N2CCC(=O)NC(CC(C)C)C2=O)C1. The lowest BCUT2D eigenvalue weighted by atomic mass is 10.0. The number of amides is 2. The van der Waals surface area contributed by atoms with Crippen LogP contribution in [-0.4, -0.2) is 46.8 Å². The largest absolute Gasteiger partial charge is 0.344 e. The Kier molecular flexibility index (Phi) is 5.35. The Morgan fingerprint density at radius 3 is 2.70 bits per heavy atom. The van der Waals surface area contributed by atoms with E-state index in [1.54, 1.807) is 0 Å². The van der Waals surface area contributed by atoms with Crippen molar-refractivity contribution >= 4 is 23.6 Å². The number of nitrogens with one attached hydrogen (secondary N) is 1. The van der Waals surface area contributed by atoms with Crippen LogP contribution in [0.25, 0.3) is 0 Å². The van der Waals surface area contributed by atoms with Crippen LogP contribution in [0.5, 0.6) is 0 Å². The minimum atomic E-state index is -0.321. The van der Waals surface area contributed by atoms with Gasteiger partial charge in [0.25, 0.3) is 0 Å². The maximum Gasteiger partial charge on any atom is 0.245 e. The third-order valence-corrected chi connectivity index (χ3v) is 5.43. The zero-order valence-electron chi connectivity index (χ0n) is 12.7. The molecule has 0 spiro atoms. The predicted octanol–water partition coefficient (Wildman–Crippen LogP) is 2.03. The summed E-state index contributed by atoms with van der Waals surface area (Å²) in [5.74, 6) is 0.564. The van der Waals surface area contributed by atoms with E-state index in [2.05, 4.69) is 25.4 Å². The van der Waals surface area contributed by atoms with E-state index >= 15 is 0 Å². The summed E-state index contributed by atoms with van der Waals surface area (Å²) < 4.78 is 0. The Balaban J connectivity index is 2.07. The van der Waals surface area contributed by atoms with Gasteiger partial charge in [0.05, 0.1) is 0 Å². The molecule has 2 amide bonds. The molecule has 3 atom stereocenters. The number of hydrogen-bond acceptors (Lipinski definition) is 3. The van der Waals surface area contributed by atoms with E-state index in [0.717, 1.165) is 19.3 Å². The van der Waals surface area contributed by atoms with E-state index in [1.165, 1.54) is 6.42 Å². The molecule has 4 nitrogen and oxygen atoms in total. The van der Waals surface area contributed by atoms with Crippen LogP contribution in [0, 0.1) is 5.92 Å². The number of carbonyl (C=O) groups excluding carboxylic acids is 2. The van der Waals surface area contributed by atoms with Gasteiger partial charge >= 0.3 is 0 Å². The first-order valence-electron chi connectivity index (χ1n) is 7.64. The fourth-order valence-corrected chi connectivity index (χ4v) is 4.06. The molecule has 1 N–H and O–H groups in total. The number of carbonyl (C=O) groups is 2. The highest BCUT2D eigenvalue weighted by Crippen LogP contribution is 2.32. The number of rotatable bonds is 4. The van der Waals surface area contributed by atoms with Crippen molar-refractivity contribution in [2.45, 2.75) is 63.3 Å². The van der Waals surface area contributed by atoms with E-state index in [1.807, 2.05) is 16.7 Å². The second-order valence-electron chi connectivity index (χ2n) is 6.36. The summed E-state index contributed by atoms with van der Waals surface area (Å²) in [7, 11) is 0. The molecule has 0 radical (unpaired) electrons. The molecule has 0 aromatic rings. The molecular formula is C15H26N2O2S. The molecule has 0 aromatic heterocycles. The molecule has 1 saturated heterocycles. The van der Waals surface area contributed by atoms with Crippen LogP contribution in [0.2, 0.25) is 0 Å². The van der Waals surface area contributed by atoms with Gasteiger partial charge < -0.3 is 10.2 Å². The van der Waals surface area contributed by atoms with Gasteiger partial charge in [-0.25, -0.2) is 0 Å². The van der Waals surface area contributed by atoms with E-state index < -0.39 is 0 Å². The number of nitrogens with zero attached hydrogens (tertiary/aromatic N) is 1. The predicted molar refractivity (Wildman–Crippen MR) is 82.7 cm³/mol. The molecule has 3 unspecified atom stereocenters. The average molecular weight is 298 g/mol.